The Morgan fingerprint density at radius 1 is 0.905 bits per heavy atom. The fraction of sp³-hybridized carbons (Fsp3) is 0.469. The Morgan fingerprint density at radius 2 is 1.69 bits per heavy atom. The maximum absolute atomic E-state index is 13.1. The number of carbonyl (C=O) groups excluding carboxylic acids is 2. The molecule has 0 aromatic carbocycles. The highest BCUT2D eigenvalue weighted by Gasteiger charge is 2.29. The first-order valence-electron chi connectivity index (χ1n) is 14.5. The molecule has 1 aliphatic rings. The molecule has 1 aliphatic heterocycles. The SMILES string of the molecule is CC(C)(C)OC(=O)N(CCc1ccccn1)c1cccc(NCCc2ccc3c(n2)N(C(=O)OC(C)(C)C)CCC3)n1. The Bertz CT molecular complexity index is 1370. The molecule has 0 aliphatic carbocycles. The Hall–Kier alpha value is -4.21. The monoisotopic (exact) mass is 574 g/mol. The van der Waals surface area contributed by atoms with E-state index in [9.17, 15) is 9.59 Å². The van der Waals surface area contributed by atoms with E-state index in [1.54, 1.807) is 22.1 Å². The average Bonchev–Trinajstić information content (AvgIpc) is 2.92. The number of nitrogens with one attached hydrogen (secondary N) is 1. The van der Waals surface area contributed by atoms with Crippen LogP contribution in [0.15, 0.2) is 54.7 Å². The van der Waals surface area contributed by atoms with Gasteiger partial charge >= 0.3 is 12.2 Å². The van der Waals surface area contributed by atoms with Crippen molar-refractivity contribution in [1.82, 2.24) is 15.0 Å². The fourth-order valence-corrected chi connectivity index (χ4v) is 4.49. The van der Waals surface area contributed by atoms with Gasteiger partial charge in [0.05, 0.1) is 0 Å². The maximum atomic E-state index is 13.1. The molecule has 0 fully saturated rings. The molecule has 0 spiro atoms. The molecule has 3 aromatic rings. The molecule has 1 N–H and O–H groups in total. The van der Waals surface area contributed by atoms with Crippen LogP contribution in [0.4, 0.5) is 27.0 Å². The number of aryl methyl sites for hydroxylation is 1. The lowest BCUT2D eigenvalue weighted by molar-refractivity contribution is 0.0567. The minimum absolute atomic E-state index is 0.371. The molecule has 2 amide bonds. The minimum atomic E-state index is -0.642. The number of rotatable bonds is 8. The second-order valence-electron chi connectivity index (χ2n) is 12.3. The van der Waals surface area contributed by atoms with Gasteiger partial charge in [-0.25, -0.2) is 19.6 Å². The largest absolute Gasteiger partial charge is 0.443 e. The molecule has 10 nitrogen and oxygen atoms in total. The first-order chi connectivity index (χ1) is 19.9. The van der Waals surface area contributed by atoms with Crippen LogP contribution in [0.25, 0.3) is 0 Å². The van der Waals surface area contributed by atoms with E-state index in [1.807, 2.05) is 84.0 Å². The molecular formula is C32H42N6O4. The summed E-state index contributed by atoms with van der Waals surface area (Å²) in [5.41, 5.74) is 1.57. The third kappa shape index (κ3) is 8.89. The number of anilines is 3. The summed E-state index contributed by atoms with van der Waals surface area (Å²) < 4.78 is 11.3. The van der Waals surface area contributed by atoms with Crippen molar-refractivity contribution < 1.29 is 19.1 Å². The van der Waals surface area contributed by atoms with Gasteiger partial charge in [0.2, 0.25) is 0 Å². The molecule has 0 radical (unpaired) electrons. The van der Waals surface area contributed by atoms with Gasteiger partial charge in [0.1, 0.15) is 28.7 Å². The predicted octanol–water partition coefficient (Wildman–Crippen LogP) is 6.20. The first-order valence-corrected chi connectivity index (χ1v) is 14.5. The van der Waals surface area contributed by atoms with Crippen molar-refractivity contribution >= 4 is 29.6 Å². The van der Waals surface area contributed by atoms with Crippen LogP contribution in [0.1, 0.15) is 64.9 Å². The summed E-state index contributed by atoms with van der Waals surface area (Å²) in [5.74, 6) is 1.80. The van der Waals surface area contributed by atoms with Crippen molar-refractivity contribution in [1.29, 1.82) is 0 Å². The van der Waals surface area contributed by atoms with Crippen molar-refractivity contribution in [3.8, 4) is 0 Å². The summed E-state index contributed by atoms with van der Waals surface area (Å²) in [7, 11) is 0. The molecule has 224 valence electrons. The third-order valence-corrected chi connectivity index (χ3v) is 6.34. The molecule has 0 saturated carbocycles. The van der Waals surface area contributed by atoms with E-state index in [2.05, 4.69) is 10.3 Å². The number of aromatic nitrogens is 3. The second-order valence-corrected chi connectivity index (χ2v) is 12.3. The highest BCUT2D eigenvalue weighted by Crippen LogP contribution is 2.27. The lowest BCUT2D eigenvalue weighted by atomic mass is 10.0. The van der Waals surface area contributed by atoms with E-state index in [1.165, 1.54) is 0 Å². The number of hydrogen-bond acceptors (Lipinski definition) is 8. The molecule has 10 heteroatoms. The van der Waals surface area contributed by atoms with Crippen molar-refractivity contribution in [3.63, 3.8) is 0 Å². The Balaban J connectivity index is 1.43. The molecule has 4 heterocycles. The van der Waals surface area contributed by atoms with Gasteiger partial charge in [0.25, 0.3) is 0 Å². The standard InChI is InChI=1S/C32H42N6O4/c1-31(2,3)41-29(39)37(22-18-24-12-7-8-19-33-24)27-14-9-13-26(36-27)34-20-17-25-16-15-23-11-10-21-38(28(23)35-25)30(40)42-32(4,5)6/h7-9,12-16,19H,10-11,17-18,20-22H2,1-6H3,(H,34,36). The number of fused-ring (bicyclic) bond motifs is 1. The summed E-state index contributed by atoms with van der Waals surface area (Å²) >= 11 is 0. The van der Waals surface area contributed by atoms with E-state index in [0.717, 1.165) is 29.8 Å². The number of amides is 2. The number of pyridine rings is 3. The van der Waals surface area contributed by atoms with Crippen molar-refractivity contribution in [3.05, 3.63) is 71.7 Å². The molecule has 0 saturated heterocycles. The predicted molar refractivity (Wildman–Crippen MR) is 164 cm³/mol. The van der Waals surface area contributed by atoms with Crippen molar-refractivity contribution in [2.45, 2.75) is 78.4 Å². The molecule has 42 heavy (non-hydrogen) atoms. The van der Waals surface area contributed by atoms with Gasteiger partial charge in [0.15, 0.2) is 0 Å². The fourth-order valence-electron chi connectivity index (χ4n) is 4.49. The Kier molecular flexibility index (Phi) is 9.65. The van der Waals surface area contributed by atoms with Gasteiger partial charge in [-0.3, -0.25) is 14.8 Å². The minimum Gasteiger partial charge on any atom is -0.443 e. The van der Waals surface area contributed by atoms with Gasteiger partial charge in [-0.2, -0.15) is 0 Å². The van der Waals surface area contributed by atoms with E-state index < -0.39 is 17.3 Å². The molecule has 0 atom stereocenters. The van der Waals surface area contributed by atoms with Crippen LogP contribution in [0.2, 0.25) is 0 Å². The summed E-state index contributed by atoms with van der Waals surface area (Å²) in [6.07, 6.45) is 3.84. The molecule has 3 aromatic heterocycles. The average molecular weight is 575 g/mol. The van der Waals surface area contributed by atoms with Gasteiger partial charge < -0.3 is 14.8 Å². The van der Waals surface area contributed by atoms with Crippen LogP contribution in [0, 0.1) is 0 Å². The van der Waals surface area contributed by atoms with Crippen LogP contribution in [0.3, 0.4) is 0 Å². The number of hydrogen-bond donors (Lipinski definition) is 1. The van der Waals surface area contributed by atoms with Crippen LogP contribution in [0.5, 0.6) is 0 Å². The first kappa shape index (κ1) is 30.7. The quantitative estimate of drug-likeness (QED) is 0.339. The Labute approximate surface area is 248 Å². The number of ether oxygens (including phenoxy) is 2. The van der Waals surface area contributed by atoms with E-state index in [-0.39, 0.29) is 6.09 Å². The summed E-state index contributed by atoms with van der Waals surface area (Å²) in [5, 5.41) is 3.35. The summed E-state index contributed by atoms with van der Waals surface area (Å²) in [4.78, 5) is 43.1. The van der Waals surface area contributed by atoms with Crippen molar-refractivity contribution in [2.75, 3.05) is 34.8 Å². The van der Waals surface area contributed by atoms with Crippen LogP contribution >= 0.6 is 0 Å². The van der Waals surface area contributed by atoms with E-state index in [0.29, 0.717) is 49.9 Å². The molecular weight excluding hydrogens is 532 g/mol. The highest BCUT2D eigenvalue weighted by molar-refractivity contribution is 5.88. The zero-order valence-corrected chi connectivity index (χ0v) is 25.5. The lowest BCUT2D eigenvalue weighted by Crippen LogP contribution is -2.40. The Morgan fingerprint density at radius 3 is 2.40 bits per heavy atom. The number of carbonyl (C=O) groups is 2. The maximum Gasteiger partial charge on any atom is 0.416 e. The molecule has 4 rings (SSSR count). The second kappa shape index (κ2) is 13.2. The van der Waals surface area contributed by atoms with Gasteiger partial charge in [-0.05, 0) is 90.3 Å². The topological polar surface area (TPSA) is 110 Å². The molecule has 0 bridgehead atoms. The highest BCUT2D eigenvalue weighted by atomic mass is 16.6. The molecule has 0 unspecified atom stereocenters. The van der Waals surface area contributed by atoms with Gasteiger partial charge in [-0.15, -0.1) is 0 Å². The van der Waals surface area contributed by atoms with E-state index in [4.69, 9.17) is 19.4 Å². The normalized spacial score (nSPS) is 13.2. The zero-order chi connectivity index (χ0) is 30.3. The zero-order valence-electron chi connectivity index (χ0n) is 25.5. The third-order valence-electron chi connectivity index (χ3n) is 6.34. The van der Waals surface area contributed by atoms with Crippen LogP contribution < -0.4 is 15.1 Å². The van der Waals surface area contributed by atoms with Crippen molar-refractivity contribution in [2.24, 2.45) is 0 Å². The lowest BCUT2D eigenvalue weighted by Gasteiger charge is -2.31. The smallest absolute Gasteiger partial charge is 0.416 e. The van der Waals surface area contributed by atoms with E-state index >= 15 is 0 Å². The number of nitrogens with zero attached hydrogens (tertiary/aromatic N) is 5. The summed E-state index contributed by atoms with van der Waals surface area (Å²) in [6, 6.07) is 15.3. The van der Waals surface area contributed by atoms with Crippen LogP contribution in [-0.4, -0.2) is 58.0 Å². The summed E-state index contributed by atoms with van der Waals surface area (Å²) in [6.45, 7) is 12.6. The van der Waals surface area contributed by atoms with Crippen LogP contribution in [-0.2, 0) is 28.7 Å². The van der Waals surface area contributed by atoms with Gasteiger partial charge in [0, 0.05) is 50.1 Å². The van der Waals surface area contributed by atoms with Gasteiger partial charge in [-0.1, -0.05) is 18.2 Å².